The van der Waals surface area contributed by atoms with Crippen LogP contribution < -0.4 is 0 Å². The summed E-state index contributed by atoms with van der Waals surface area (Å²) in [6.07, 6.45) is 0.133. The summed E-state index contributed by atoms with van der Waals surface area (Å²) < 4.78 is 0. The van der Waals surface area contributed by atoms with Gasteiger partial charge in [0.1, 0.15) is 6.54 Å². The number of likely N-dealkylation sites (tertiary alicyclic amines) is 1. The van der Waals surface area contributed by atoms with Crippen LogP contribution in [-0.4, -0.2) is 77.9 Å². The second-order valence-corrected chi connectivity index (χ2v) is 6.99. The average Bonchev–Trinajstić information content (AvgIpc) is 2.99. The number of carbonyl (C=O) groups is 3. The van der Waals surface area contributed by atoms with Crippen molar-refractivity contribution in [2.75, 3.05) is 40.3 Å². The highest BCUT2D eigenvalue weighted by atomic mass is 16.4. The Morgan fingerprint density at radius 2 is 1.88 bits per heavy atom. The van der Waals surface area contributed by atoms with Crippen molar-refractivity contribution in [3.63, 3.8) is 0 Å². The van der Waals surface area contributed by atoms with Gasteiger partial charge in [-0.05, 0) is 26.6 Å². The molecular weight excluding hydrogens is 334 g/mol. The van der Waals surface area contributed by atoms with E-state index in [0.717, 1.165) is 5.56 Å². The second kappa shape index (κ2) is 8.80. The van der Waals surface area contributed by atoms with Crippen molar-refractivity contribution in [2.24, 2.45) is 5.92 Å². The van der Waals surface area contributed by atoms with Gasteiger partial charge in [0.2, 0.25) is 11.8 Å². The highest BCUT2D eigenvalue weighted by Crippen LogP contribution is 2.29. The molecule has 142 valence electrons. The van der Waals surface area contributed by atoms with Crippen LogP contribution in [0.25, 0.3) is 0 Å². The summed E-state index contributed by atoms with van der Waals surface area (Å²) in [5, 5.41) is 9.10. The predicted molar refractivity (Wildman–Crippen MR) is 97.4 cm³/mol. The lowest BCUT2D eigenvalue weighted by molar-refractivity contribution is -0.146. The van der Waals surface area contributed by atoms with E-state index < -0.39 is 11.9 Å². The van der Waals surface area contributed by atoms with Crippen LogP contribution in [0.5, 0.6) is 0 Å². The number of carboxylic acid groups (broad SMARTS) is 1. The first kappa shape index (κ1) is 19.9. The lowest BCUT2D eigenvalue weighted by Gasteiger charge is -2.27. The van der Waals surface area contributed by atoms with Gasteiger partial charge in [0, 0.05) is 26.1 Å². The maximum absolute atomic E-state index is 12.8. The molecule has 1 saturated heterocycles. The third kappa shape index (κ3) is 5.05. The normalized spacial score (nSPS) is 18.2. The van der Waals surface area contributed by atoms with Crippen molar-refractivity contribution in [1.82, 2.24) is 14.7 Å². The Kier molecular flexibility index (Phi) is 6.74. The summed E-state index contributed by atoms with van der Waals surface area (Å²) >= 11 is 0. The zero-order valence-electron chi connectivity index (χ0n) is 15.6. The minimum absolute atomic E-state index is 0.0670. The third-order valence-electron chi connectivity index (χ3n) is 4.71. The summed E-state index contributed by atoms with van der Waals surface area (Å²) in [5.41, 5.74) is 1.02. The monoisotopic (exact) mass is 361 g/mol. The summed E-state index contributed by atoms with van der Waals surface area (Å²) in [5.74, 6) is -1.86. The summed E-state index contributed by atoms with van der Waals surface area (Å²) in [4.78, 5) is 41.3. The van der Waals surface area contributed by atoms with Gasteiger partial charge in [0.25, 0.3) is 0 Å². The third-order valence-corrected chi connectivity index (χ3v) is 4.71. The lowest BCUT2D eigenvalue weighted by atomic mass is 10.1. The molecule has 0 unspecified atom stereocenters. The lowest BCUT2D eigenvalue weighted by Crippen LogP contribution is -2.43. The van der Waals surface area contributed by atoms with Crippen molar-refractivity contribution in [3.8, 4) is 0 Å². The summed E-state index contributed by atoms with van der Waals surface area (Å²) in [7, 11) is 3.73. The topological polar surface area (TPSA) is 81.2 Å². The molecule has 1 aliphatic heterocycles. The van der Waals surface area contributed by atoms with Gasteiger partial charge in [-0.2, -0.15) is 0 Å². The van der Waals surface area contributed by atoms with E-state index in [2.05, 4.69) is 0 Å². The molecule has 0 aromatic heterocycles. The number of hydrogen-bond acceptors (Lipinski definition) is 4. The maximum Gasteiger partial charge on any atom is 0.323 e. The van der Waals surface area contributed by atoms with E-state index in [4.69, 9.17) is 5.11 Å². The molecule has 1 aliphatic rings. The Hall–Kier alpha value is -2.41. The smallest absolute Gasteiger partial charge is 0.323 e. The van der Waals surface area contributed by atoms with Gasteiger partial charge in [-0.15, -0.1) is 0 Å². The number of carboxylic acids is 1. The molecule has 1 heterocycles. The molecule has 0 bridgehead atoms. The number of nitrogens with zero attached hydrogens (tertiary/aromatic N) is 3. The van der Waals surface area contributed by atoms with Crippen LogP contribution >= 0.6 is 0 Å². The number of carbonyl (C=O) groups excluding carboxylic acids is 2. The van der Waals surface area contributed by atoms with Crippen LogP contribution in [0, 0.1) is 5.92 Å². The van der Waals surface area contributed by atoms with E-state index in [1.54, 1.807) is 4.90 Å². The molecule has 2 amide bonds. The van der Waals surface area contributed by atoms with Gasteiger partial charge < -0.3 is 19.8 Å². The van der Waals surface area contributed by atoms with Crippen LogP contribution in [0.4, 0.5) is 0 Å². The standard InChI is InChI=1S/C19H27N3O4/c1-14(15-7-5-4-6-8-15)22-12-16(11-17(22)23)19(26)21(13-18(24)25)10-9-20(2)3/h4-8,14,16H,9-13H2,1-3H3,(H,24,25)/t14-,16+/m0/s1. The zero-order chi connectivity index (χ0) is 19.3. The Labute approximate surface area is 154 Å². The van der Waals surface area contributed by atoms with E-state index in [1.807, 2.05) is 56.3 Å². The van der Waals surface area contributed by atoms with Gasteiger partial charge in [-0.1, -0.05) is 30.3 Å². The van der Waals surface area contributed by atoms with E-state index in [9.17, 15) is 14.4 Å². The molecule has 1 N–H and O–H groups in total. The summed E-state index contributed by atoms with van der Waals surface area (Å²) in [6, 6.07) is 9.57. The molecule has 1 fully saturated rings. The van der Waals surface area contributed by atoms with E-state index >= 15 is 0 Å². The minimum atomic E-state index is -1.05. The van der Waals surface area contributed by atoms with Crippen molar-refractivity contribution < 1.29 is 19.5 Å². The number of rotatable bonds is 8. The van der Waals surface area contributed by atoms with Gasteiger partial charge in [-0.3, -0.25) is 14.4 Å². The van der Waals surface area contributed by atoms with Crippen LogP contribution in [-0.2, 0) is 14.4 Å². The summed E-state index contributed by atoms with van der Waals surface area (Å²) in [6.45, 7) is 2.83. The average molecular weight is 361 g/mol. The van der Waals surface area contributed by atoms with Crippen LogP contribution in [0.15, 0.2) is 30.3 Å². The fourth-order valence-corrected chi connectivity index (χ4v) is 3.19. The van der Waals surface area contributed by atoms with Crippen molar-refractivity contribution in [1.29, 1.82) is 0 Å². The van der Waals surface area contributed by atoms with E-state index in [0.29, 0.717) is 19.6 Å². The highest BCUT2D eigenvalue weighted by Gasteiger charge is 2.39. The second-order valence-electron chi connectivity index (χ2n) is 6.99. The van der Waals surface area contributed by atoms with Gasteiger partial charge in [0.15, 0.2) is 0 Å². The molecule has 0 radical (unpaired) electrons. The molecule has 0 saturated carbocycles. The number of benzene rings is 1. The molecular formula is C19H27N3O4. The van der Waals surface area contributed by atoms with Gasteiger partial charge in [0.05, 0.1) is 12.0 Å². The van der Waals surface area contributed by atoms with Crippen molar-refractivity contribution in [3.05, 3.63) is 35.9 Å². The number of amides is 2. The van der Waals surface area contributed by atoms with Crippen LogP contribution in [0.2, 0.25) is 0 Å². The Balaban J connectivity index is 2.06. The highest BCUT2D eigenvalue weighted by molar-refractivity contribution is 5.90. The predicted octanol–water partition coefficient (Wildman–Crippen LogP) is 1.07. The fraction of sp³-hybridized carbons (Fsp3) is 0.526. The number of aliphatic carboxylic acids is 1. The minimum Gasteiger partial charge on any atom is -0.480 e. The van der Waals surface area contributed by atoms with Gasteiger partial charge >= 0.3 is 5.97 Å². The van der Waals surface area contributed by atoms with Crippen molar-refractivity contribution >= 4 is 17.8 Å². The molecule has 1 aromatic rings. The molecule has 2 rings (SSSR count). The van der Waals surface area contributed by atoms with Crippen molar-refractivity contribution in [2.45, 2.75) is 19.4 Å². The van der Waals surface area contributed by atoms with Crippen LogP contribution in [0.3, 0.4) is 0 Å². The first-order chi connectivity index (χ1) is 12.3. The van der Waals surface area contributed by atoms with Gasteiger partial charge in [-0.25, -0.2) is 0 Å². The Morgan fingerprint density at radius 1 is 1.23 bits per heavy atom. The number of hydrogen-bond donors (Lipinski definition) is 1. The maximum atomic E-state index is 12.8. The quantitative estimate of drug-likeness (QED) is 0.749. The van der Waals surface area contributed by atoms with E-state index in [1.165, 1.54) is 4.90 Å². The molecule has 1 aromatic carbocycles. The Bertz CT molecular complexity index is 647. The molecule has 2 atom stereocenters. The largest absolute Gasteiger partial charge is 0.480 e. The first-order valence-electron chi connectivity index (χ1n) is 8.79. The Morgan fingerprint density at radius 3 is 2.46 bits per heavy atom. The number of likely N-dealkylation sites (N-methyl/N-ethyl adjacent to an activating group) is 1. The first-order valence-corrected chi connectivity index (χ1v) is 8.79. The molecule has 7 heteroatoms. The zero-order valence-corrected chi connectivity index (χ0v) is 15.6. The SMILES string of the molecule is C[C@@H](c1ccccc1)N1C[C@H](C(=O)N(CCN(C)C)CC(=O)O)CC1=O. The molecule has 26 heavy (non-hydrogen) atoms. The molecule has 0 spiro atoms. The molecule has 0 aliphatic carbocycles. The van der Waals surface area contributed by atoms with Crippen LogP contribution in [0.1, 0.15) is 24.9 Å². The van der Waals surface area contributed by atoms with E-state index in [-0.39, 0.29) is 30.8 Å². The molecule has 7 nitrogen and oxygen atoms in total. The fourth-order valence-electron chi connectivity index (χ4n) is 3.19.